The van der Waals surface area contributed by atoms with Gasteiger partial charge in [-0.25, -0.2) is 4.79 Å². The zero-order chi connectivity index (χ0) is 21.3. The van der Waals surface area contributed by atoms with Gasteiger partial charge in [0.05, 0.1) is 5.69 Å². The second-order valence-electron chi connectivity index (χ2n) is 8.14. The van der Waals surface area contributed by atoms with E-state index < -0.39 is 11.5 Å². The fraction of sp³-hybridized carbons (Fsp3) is 0.500. The number of nitrogens with one attached hydrogen (secondary N) is 1. The van der Waals surface area contributed by atoms with Crippen LogP contribution in [-0.2, 0) is 4.74 Å². The van der Waals surface area contributed by atoms with Crippen LogP contribution in [0.2, 0.25) is 0 Å². The molecule has 158 valence electrons. The summed E-state index contributed by atoms with van der Waals surface area (Å²) in [4.78, 5) is 27.4. The number of nitrogens with two attached hydrogens (primary N) is 2. The molecule has 1 aromatic carbocycles. The second kappa shape index (κ2) is 8.31. The molecule has 29 heavy (non-hydrogen) atoms. The number of nitrogen functional groups attached to an aromatic ring is 1. The van der Waals surface area contributed by atoms with Crippen LogP contribution in [0, 0.1) is 0 Å². The number of thioether (sulfide) groups is 1. The summed E-state index contributed by atoms with van der Waals surface area (Å²) in [6.07, 6.45) is 3.31. The number of carbonyl (C=O) groups excluding carboxylic acids is 2. The van der Waals surface area contributed by atoms with Gasteiger partial charge in [0.15, 0.2) is 0 Å². The van der Waals surface area contributed by atoms with E-state index in [0.717, 1.165) is 46.6 Å². The van der Waals surface area contributed by atoms with Gasteiger partial charge >= 0.3 is 6.09 Å². The van der Waals surface area contributed by atoms with Crippen LogP contribution in [0.25, 0.3) is 10.1 Å². The van der Waals surface area contributed by atoms with E-state index in [1.54, 1.807) is 11.8 Å². The van der Waals surface area contributed by atoms with Crippen molar-refractivity contribution in [1.29, 1.82) is 0 Å². The number of hydrogen-bond acceptors (Lipinski definition) is 7. The molecule has 1 aliphatic heterocycles. The number of piperidine rings is 1. The number of carbonyl (C=O) groups is 2. The highest BCUT2D eigenvalue weighted by Gasteiger charge is 2.25. The van der Waals surface area contributed by atoms with Crippen LogP contribution < -0.4 is 21.7 Å². The molecule has 1 aliphatic rings. The van der Waals surface area contributed by atoms with Crippen molar-refractivity contribution in [3.63, 3.8) is 0 Å². The van der Waals surface area contributed by atoms with Gasteiger partial charge in [-0.05, 0) is 52.0 Å². The SMILES string of the molecule is CSc1cc(N2CCC(NC(=O)OC(C)(C)C)CC2)cc2sc(C(N)=O)c(N)c12. The lowest BCUT2D eigenvalue weighted by Gasteiger charge is -2.34. The summed E-state index contributed by atoms with van der Waals surface area (Å²) < 4.78 is 6.31. The Morgan fingerprint density at radius 1 is 1.28 bits per heavy atom. The first-order valence-corrected chi connectivity index (χ1v) is 11.6. The van der Waals surface area contributed by atoms with Gasteiger partial charge in [-0.2, -0.15) is 0 Å². The van der Waals surface area contributed by atoms with E-state index in [0.29, 0.717) is 10.6 Å². The minimum Gasteiger partial charge on any atom is -0.444 e. The number of rotatable bonds is 4. The molecular formula is C20H28N4O3S2. The zero-order valence-electron chi connectivity index (χ0n) is 17.2. The van der Waals surface area contributed by atoms with Crippen LogP contribution >= 0.6 is 23.1 Å². The van der Waals surface area contributed by atoms with Crippen molar-refractivity contribution >= 4 is 56.6 Å². The first-order chi connectivity index (χ1) is 13.6. The number of benzene rings is 1. The summed E-state index contributed by atoms with van der Waals surface area (Å²) >= 11 is 2.95. The minimum absolute atomic E-state index is 0.101. The lowest BCUT2D eigenvalue weighted by Crippen LogP contribution is -2.46. The molecular weight excluding hydrogens is 408 g/mol. The lowest BCUT2D eigenvalue weighted by molar-refractivity contribution is 0.0497. The third-order valence-corrected chi connectivity index (χ3v) is 6.73. The van der Waals surface area contributed by atoms with E-state index in [4.69, 9.17) is 16.2 Å². The van der Waals surface area contributed by atoms with Crippen molar-refractivity contribution in [1.82, 2.24) is 5.32 Å². The van der Waals surface area contributed by atoms with Gasteiger partial charge in [0.2, 0.25) is 0 Å². The summed E-state index contributed by atoms with van der Waals surface area (Å²) in [7, 11) is 0. The summed E-state index contributed by atoms with van der Waals surface area (Å²) in [5.41, 5.74) is 12.7. The van der Waals surface area contributed by atoms with Crippen molar-refractivity contribution in [3.8, 4) is 0 Å². The van der Waals surface area contributed by atoms with Crippen LogP contribution in [0.1, 0.15) is 43.3 Å². The Morgan fingerprint density at radius 2 is 1.93 bits per heavy atom. The third kappa shape index (κ3) is 4.90. The highest BCUT2D eigenvalue weighted by molar-refractivity contribution is 7.98. The highest BCUT2D eigenvalue weighted by atomic mass is 32.2. The molecule has 9 heteroatoms. The predicted octanol–water partition coefficient (Wildman–Crippen LogP) is 3.80. The van der Waals surface area contributed by atoms with Crippen LogP contribution in [0.5, 0.6) is 0 Å². The Balaban J connectivity index is 1.74. The Bertz CT molecular complexity index is 928. The topological polar surface area (TPSA) is 111 Å². The molecule has 0 aliphatic carbocycles. The molecule has 5 N–H and O–H groups in total. The van der Waals surface area contributed by atoms with Crippen molar-refractivity contribution in [2.24, 2.45) is 5.73 Å². The smallest absolute Gasteiger partial charge is 0.407 e. The molecule has 0 unspecified atom stereocenters. The Hall–Kier alpha value is -2.13. The average molecular weight is 437 g/mol. The van der Waals surface area contributed by atoms with Crippen LogP contribution in [-0.4, -0.2) is 43.0 Å². The number of thiophene rings is 1. The van der Waals surface area contributed by atoms with Crippen LogP contribution in [0.3, 0.4) is 0 Å². The molecule has 0 bridgehead atoms. The van der Waals surface area contributed by atoms with Gasteiger partial charge < -0.3 is 26.4 Å². The van der Waals surface area contributed by atoms with Gasteiger partial charge in [-0.3, -0.25) is 4.79 Å². The van der Waals surface area contributed by atoms with Crippen molar-refractivity contribution in [3.05, 3.63) is 17.0 Å². The van der Waals surface area contributed by atoms with Gasteiger partial charge in [-0.15, -0.1) is 23.1 Å². The average Bonchev–Trinajstić information content (AvgIpc) is 2.97. The second-order valence-corrected chi connectivity index (χ2v) is 10.0. The number of amides is 2. The van der Waals surface area contributed by atoms with Gasteiger partial charge in [0.1, 0.15) is 10.5 Å². The van der Waals surface area contributed by atoms with Gasteiger partial charge in [0.25, 0.3) is 5.91 Å². The number of anilines is 2. The van der Waals surface area contributed by atoms with E-state index >= 15 is 0 Å². The predicted molar refractivity (Wildman–Crippen MR) is 121 cm³/mol. The largest absolute Gasteiger partial charge is 0.444 e. The monoisotopic (exact) mass is 436 g/mol. The summed E-state index contributed by atoms with van der Waals surface area (Å²) in [6.45, 7) is 7.22. The number of ether oxygens (including phenoxy) is 1. The highest BCUT2D eigenvalue weighted by Crippen LogP contribution is 2.42. The fourth-order valence-corrected chi connectivity index (χ4v) is 5.24. The first-order valence-electron chi connectivity index (χ1n) is 9.53. The maximum Gasteiger partial charge on any atom is 0.407 e. The number of primary amides is 1. The van der Waals surface area contributed by atoms with Crippen molar-refractivity contribution < 1.29 is 14.3 Å². The summed E-state index contributed by atoms with van der Waals surface area (Å²) in [5, 5.41) is 3.87. The fourth-order valence-electron chi connectivity index (χ4n) is 3.48. The molecule has 1 fully saturated rings. The summed E-state index contributed by atoms with van der Waals surface area (Å²) in [6, 6.07) is 4.29. The van der Waals surface area contributed by atoms with Crippen LogP contribution in [0.15, 0.2) is 17.0 Å². The number of nitrogens with zero attached hydrogens (tertiary/aromatic N) is 1. The maximum absolute atomic E-state index is 12.0. The molecule has 1 aromatic heterocycles. The Morgan fingerprint density at radius 3 is 2.48 bits per heavy atom. The summed E-state index contributed by atoms with van der Waals surface area (Å²) in [5.74, 6) is -0.494. The molecule has 2 aromatic rings. The standard InChI is InChI=1S/C20H28N4O3S2/c1-20(2,3)27-19(26)23-11-5-7-24(8-6-11)12-9-13(28-4)15-14(10-12)29-17(16(15)21)18(22)25/h9-11H,5-8,21H2,1-4H3,(H2,22,25)(H,23,26). The molecule has 7 nitrogen and oxygen atoms in total. The normalized spacial score (nSPS) is 15.5. The van der Waals surface area contributed by atoms with Crippen molar-refractivity contribution in [2.75, 3.05) is 30.0 Å². The third-order valence-electron chi connectivity index (χ3n) is 4.80. The molecule has 0 saturated carbocycles. The zero-order valence-corrected chi connectivity index (χ0v) is 18.8. The van der Waals surface area contributed by atoms with Gasteiger partial charge in [-0.1, -0.05) is 0 Å². The van der Waals surface area contributed by atoms with Crippen LogP contribution in [0.4, 0.5) is 16.2 Å². The Kier molecular flexibility index (Phi) is 6.19. The molecule has 0 spiro atoms. The molecule has 2 heterocycles. The van der Waals surface area contributed by atoms with E-state index in [2.05, 4.69) is 22.3 Å². The molecule has 0 radical (unpaired) electrons. The van der Waals surface area contributed by atoms with E-state index in [1.165, 1.54) is 11.3 Å². The van der Waals surface area contributed by atoms with E-state index in [9.17, 15) is 9.59 Å². The number of hydrogen-bond donors (Lipinski definition) is 3. The van der Waals surface area contributed by atoms with E-state index in [1.807, 2.05) is 27.0 Å². The maximum atomic E-state index is 12.0. The molecule has 0 atom stereocenters. The minimum atomic E-state index is -0.499. The quantitative estimate of drug-likeness (QED) is 0.629. The molecule has 1 saturated heterocycles. The van der Waals surface area contributed by atoms with E-state index in [-0.39, 0.29) is 12.1 Å². The van der Waals surface area contributed by atoms with Crippen molar-refractivity contribution in [2.45, 2.75) is 50.2 Å². The van der Waals surface area contributed by atoms with Gasteiger partial charge in [0, 0.05) is 39.8 Å². The molecule has 3 rings (SSSR count). The Labute approximate surface area is 179 Å². The number of fused-ring (bicyclic) bond motifs is 1. The first kappa shape index (κ1) is 21.6. The number of alkyl carbamates (subject to hydrolysis) is 1. The lowest BCUT2D eigenvalue weighted by atomic mass is 10.0. The molecule has 2 amide bonds.